The molecule has 1 unspecified atom stereocenters. The molecule has 0 bridgehead atoms. The van der Waals surface area contributed by atoms with Gasteiger partial charge >= 0.3 is 5.97 Å². The van der Waals surface area contributed by atoms with Gasteiger partial charge < -0.3 is 10.0 Å². The third kappa shape index (κ3) is 3.30. The quantitative estimate of drug-likeness (QED) is 0.920. The Kier molecular flexibility index (Phi) is 4.63. The minimum Gasteiger partial charge on any atom is -0.478 e. The van der Waals surface area contributed by atoms with Crippen LogP contribution in [-0.4, -0.2) is 29.1 Å². The predicted molar refractivity (Wildman–Crippen MR) is 80.3 cm³/mol. The molecule has 0 spiro atoms. The highest BCUT2D eigenvalue weighted by atomic mass is 16.4. The average Bonchev–Trinajstić information content (AvgIpc) is 2.63. The first-order chi connectivity index (χ1) is 9.49. The number of carboxylic acids is 1. The largest absolute Gasteiger partial charge is 0.478 e. The summed E-state index contributed by atoms with van der Waals surface area (Å²) in [5.41, 5.74) is 0.892. The summed E-state index contributed by atoms with van der Waals surface area (Å²) < 4.78 is 0. The Morgan fingerprint density at radius 2 is 2.10 bits per heavy atom. The molecule has 0 aliphatic carbocycles. The number of aromatic nitrogens is 1. The van der Waals surface area contributed by atoms with Crippen LogP contribution in [0.3, 0.4) is 0 Å². The lowest BCUT2D eigenvalue weighted by Crippen LogP contribution is -2.26. The van der Waals surface area contributed by atoms with Gasteiger partial charge in [-0.05, 0) is 50.2 Å². The van der Waals surface area contributed by atoms with E-state index >= 15 is 0 Å². The van der Waals surface area contributed by atoms with Crippen LogP contribution in [-0.2, 0) is 0 Å². The van der Waals surface area contributed by atoms with Crippen LogP contribution < -0.4 is 4.90 Å². The highest BCUT2D eigenvalue weighted by molar-refractivity contribution is 5.89. The highest BCUT2D eigenvalue weighted by Gasteiger charge is 2.20. The molecule has 1 aromatic rings. The first kappa shape index (κ1) is 14.8. The SMILES string of the molecule is Cc1nc(N2CCCC(C(C)C)CC2)ccc1C(=O)O. The van der Waals surface area contributed by atoms with Gasteiger partial charge in [-0.1, -0.05) is 13.8 Å². The van der Waals surface area contributed by atoms with E-state index in [0.717, 1.165) is 30.7 Å². The van der Waals surface area contributed by atoms with Crippen LogP contribution in [0.15, 0.2) is 12.1 Å². The lowest BCUT2D eigenvalue weighted by molar-refractivity contribution is 0.0695. The van der Waals surface area contributed by atoms with E-state index < -0.39 is 5.97 Å². The Morgan fingerprint density at radius 3 is 2.70 bits per heavy atom. The molecule has 1 aromatic heterocycles. The zero-order valence-corrected chi connectivity index (χ0v) is 12.6. The number of carboxylic acid groups (broad SMARTS) is 1. The maximum atomic E-state index is 11.0. The fraction of sp³-hybridized carbons (Fsp3) is 0.625. The topological polar surface area (TPSA) is 53.4 Å². The average molecular weight is 276 g/mol. The Balaban J connectivity index is 2.12. The number of hydrogen-bond donors (Lipinski definition) is 1. The number of carbonyl (C=O) groups is 1. The smallest absolute Gasteiger partial charge is 0.337 e. The lowest BCUT2D eigenvalue weighted by atomic mass is 9.89. The Hall–Kier alpha value is -1.58. The molecule has 110 valence electrons. The second-order valence-corrected chi connectivity index (χ2v) is 6.03. The highest BCUT2D eigenvalue weighted by Crippen LogP contribution is 2.27. The van der Waals surface area contributed by atoms with Crippen molar-refractivity contribution in [2.24, 2.45) is 11.8 Å². The molecule has 0 aromatic carbocycles. The van der Waals surface area contributed by atoms with Gasteiger partial charge in [-0.2, -0.15) is 0 Å². The van der Waals surface area contributed by atoms with Gasteiger partial charge in [-0.25, -0.2) is 9.78 Å². The molecule has 0 amide bonds. The van der Waals surface area contributed by atoms with Gasteiger partial charge in [0.05, 0.1) is 11.3 Å². The molecule has 1 atom stereocenters. The fourth-order valence-corrected chi connectivity index (χ4v) is 2.97. The van der Waals surface area contributed by atoms with Crippen molar-refractivity contribution in [3.63, 3.8) is 0 Å². The summed E-state index contributed by atoms with van der Waals surface area (Å²) >= 11 is 0. The van der Waals surface area contributed by atoms with Crippen molar-refractivity contribution in [1.82, 2.24) is 4.98 Å². The molecule has 0 radical (unpaired) electrons. The van der Waals surface area contributed by atoms with E-state index in [0.29, 0.717) is 11.3 Å². The number of hydrogen-bond acceptors (Lipinski definition) is 3. The van der Waals surface area contributed by atoms with E-state index in [1.54, 1.807) is 13.0 Å². The molecule has 4 nitrogen and oxygen atoms in total. The van der Waals surface area contributed by atoms with Crippen molar-refractivity contribution in [2.45, 2.75) is 40.0 Å². The zero-order valence-electron chi connectivity index (χ0n) is 12.6. The first-order valence-corrected chi connectivity index (χ1v) is 7.45. The summed E-state index contributed by atoms with van der Waals surface area (Å²) in [5, 5.41) is 9.05. The van der Waals surface area contributed by atoms with E-state index in [-0.39, 0.29) is 0 Å². The molecule has 2 heterocycles. The summed E-state index contributed by atoms with van der Waals surface area (Å²) in [6.07, 6.45) is 3.66. The summed E-state index contributed by atoms with van der Waals surface area (Å²) in [4.78, 5) is 17.8. The number of aryl methyl sites for hydroxylation is 1. The molecule has 1 aliphatic rings. The number of anilines is 1. The van der Waals surface area contributed by atoms with Crippen LogP contribution in [0.2, 0.25) is 0 Å². The van der Waals surface area contributed by atoms with Gasteiger partial charge in [0.2, 0.25) is 0 Å². The van der Waals surface area contributed by atoms with Crippen molar-refractivity contribution in [3.8, 4) is 0 Å². The van der Waals surface area contributed by atoms with Gasteiger partial charge in [-0.15, -0.1) is 0 Å². The Morgan fingerprint density at radius 1 is 1.35 bits per heavy atom. The van der Waals surface area contributed by atoms with Gasteiger partial charge in [0.25, 0.3) is 0 Å². The lowest BCUT2D eigenvalue weighted by Gasteiger charge is -2.23. The normalized spacial score (nSPS) is 20.0. The van der Waals surface area contributed by atoms with Crippen LogP contribution in [0.25, 0.3) is 0 Å². The molecule has 1 fully saturated rings. The number of nitrogens with zero attached hydrogens (tertiary/aromatic N) is 2. The number of pyridine rings is 1. The maximum Gasteiger partial charge on any atom is 0.337 e. The molecule has 1 saturated heterocycles. The third-order valence-electron chi connectivity index (χ3n) is 4.34. The van der Waals surface area contributed by atoms with E-state index in [9.17, 15) is 4.79 Å². The molecule has 20 heavy (non-hydrogen) atoms. The monoisotopic (exact) mass is 276 g/mol. The van der Waals surface area contributed by atoms with Crippen LogP contribution in [0, 0.1) is 18.8 Å². The summed E-state index contributed by atoms with van der Waals surface area (Å²) in [5.74, 6) is 1.53. The summed E-state index contributed by atoms with van der Waals surface area (Å²) in [6.45, 7) is 8.39. The van der Waals surface area contributed by atoms with Crippen LogP contribution in [0.4, 0.5) is 5.82 Å². The third-order valence-corrected chi connectivity index (χ3v) is 4.34. The van der Waals surface area contributed by atoms with E-state index in [4.69, 9.17) is 5.11 Å². The second kappa shape index (κ2) is 6.25. The second-order valence-electron chi connectivity index (χ2n) is 6.03. The summed E-state index contributed by atoms with van der Waals surface area (Å²) in [7, 11) is 0. The molecular weight excluding hydrogens is 252 g/mol. The van der Waals surface area contributed by atoms with Gasteiger partial charge in [-0.3, -0.25) is 0 Å². The van der Waals surface area contributed by atoms with Gasteiger partial charge in [0, 0.05) is 13.1 Å². The van der Waals surface area contributed by atoms with Gasteiger partial charge in [0.1, 0.15) is 5.82 Å². The maximum absolute atomic E-state index is 11.0. The molecule has 2 rings (SSSR count). The van der Waals surface area contributed by atoms with E-state index in [1.807, 2.05) is 6.07 Å². The number of aromatic carboxylic acids is 1. The van der Waals surface area contributed by atoms with E-state index in [1.165, 1.54) is 19.3 Å². The van der Waals surface area contributed by atoms with E-state index in [2.05, 4.69) is 23.7 Å². The van der Waals surface area contributed by atoms with Crippen LogP contribution >= 0.6 is 0 Å². The van der Waals surface area contributed by atoms with Crippen molar-refractivity contribution in [2.75, 3.05) is 18.0 Å². The minimum absolute atomic E-state index is 0.295. The van der Waals surface area contributed by atoms with Gasteiger partial charge in [0.15, 0.2) is 0 Å². The Bertz CT molecular complexity index is 485. The molecular formula is C16H24N2O2. The predicted octanol–water partition coefficient (Wildman–Crippen LogP) is 3.35. The van der Waals surface area contributed by atoms with Crippen molar-refractivity contribution < 1.29 is 9.90 Å². The summed E-state index contributed by atoms with van der Waals surface area (Å²) in [6, 6.07) is 3.51. The van der Waals surface area contributed by atoms with Crippen LogP contribution in [0.5, 0.6) is 0 Å². The standard InChI is InChI=1S/C16H24N2O2/c1-11(2)13-5-4-9-18(10-8-13)15-7-6-14(16(19)20)12(3)17-15/h6-7,11,13H,4-5,8-10H2,1-3H3,(H,19,20). The van der Waals surface area contributed by atoms with Crippen LogP contribution in [0.1, 0.15) is 49.2 Å². The molecule has 4 heteroatoms. The first-order valence-electron chi connectivity index (χ1n) is 7.45. The van der Waals surface area contributed by atoms with Crippen molar-refractivity contribution >= 4 is 11.8 Å². The Labute approximate surface area is 120 Å². The fourth-order valence-electron chi connectivity index (χ4n) is 2.97. The molecule has 1 aliphatic heterocycles. The minimum atomic E-state index is -0.905. The van der Waals surface area contributed by atoms with Crippen molar-refractivity contribution in [3.05, 3.63) is 23.4 Å². The zero-order chi connectivity index (χ0) is 14.7. The molecule has 0 saturated carbocycles. The van der Waals surface area contributed by atoms with Crippen molar-refractivity contribution in [1.29, 1.82) is 0 Å². The molecule has 1 N–H and O–H groups in total. The number of rotatable bonds is 3.